The number of methoxy groups -OCH3 is 1. The first-order valence-electron chi connectivity index (χ1n) is 9.18. The summed E-state index contributed by atoms with van der Waals surface area (Å²) in [5.41, 5.74) is -0.182. The largest absolute Gasteiger partial charge is 0.497 e. The SMILES string of the molecule is CCC(C)(C)N(C(=O)c1ccco1)C1CC(=O)N(c2ccc(OC)cc2)C1=O. The van der Waals surface area contributed by atoms with E-state index >= 15 is 0 Å². The monoisotopic (exact) mass is 384 g/mol. The molecule has 148 valence electrons. The first-order chi connectivity index (χ1) is 13.3. The van der Waals surface area contributed by atoms with Crippen molar-refractivity contribution in [3.8, 4) is 5.75 Å². The smallest absolute Gasteiger partial charge is 0.290 e. The van der Waals surface area contributed by atoms with Crippen LogP contribution < -0.4 is 9.64 Å². The molecule has 0 radical (unpaired) electrons. The summed E-state index contributed by atoms with van der Waals surface area (Å²) in [5.74, 6) is -0.397. The predicted octanol–water partition coefficient (Wildman–Crippen LogP) is 3.25. The zero-order chi connectivity index (χ0) is 20.5. The first-order valence-corrected chi connectivity index (χ1v) is 9.18. The lowest BCUT2D eigenvalue weighted by Gasteiger charge is -2.40. The van der Waals surface area contributed by atoms with Crippen LogP contribution in [0.5, 0.6) is 5.75 Å². The van der Waals surface area contributed by atoms with E-state index in [-0.39, 0.29) is 18.1 Å². The second-order valence-electron chi connectivity index (χ2n) is 7.30. The average Bonchev–Trinajstić information content (AvgIpc) is 3.31. The van der Waals surface area contributed by atoms with Crippen molar-refractivity contribution in [3.63, 3.8) is 0 Å². The molecular formula is C21H24N2O5. The summed E-state index contributed by atoms with van der Waals surface area (Å²) in [5, 5.41) is 0. The lowest BCUT2D eigenvalue weighted by Crippen LogP contribution is -2.55. The summed E-state index contributed by atoms with van der Waals surface area (Å²) >= 11 is 0. The normalized spacial score (nSPS) is 17.1. The molecule has 1 atom stereocenters. The molecule has 1 saturated heterocycles. The van der Waals surface area contributed by atoms with E-state index in [2.05, 4.69) is 0 Å². The van der Waals surface area contributed by atoms with E-state index in [9.17, 15) is 14.4 Å². The molecule has 7 nitrogen and oxygen atoms in total. The van der Waals surface area contributed by atoms with Crippen molar-refractivity contribution in [2.75, 3.05) is 12.0 Å². The van der Waals surface area contributed by atoms with Crippen molar-refractivity contribution in [1.29, 1.82) is 0 Å². The van der Waals surface area contributed by atoms with Gasteiger partial charge in [0.25, 0.3) is 11.8 Å². The molecule has 1 aromatic carbocycles. The van der Waals surface area contributed by atoms with Crippen molar-refractivity contribution in [3.05, 3.63) is 48.4 Å². The van der Waals surface area contributed by atoms with Crippen LogP contribution in [0.15, 0.2) is 47.1 Å². The van der Waals surface area contributed by atoms with Gasteiger partial charge in [-0.05, 0) is 56.7 Å². The van der Waals surface area contributed by atoms with E-state index in [0.29, 0.717) is 17.9 Å². The zero-order valence-electron chi connectivity index (χ0n) is 16.5. The average molecular weight is 384 g/mol. The van der Waals surface area contributed by atoms with Gasteiger partial charge in [-0.25, -0.2) is 4.90 Å². The molecule has 0 bridgehead atoms. The quantitative estimate of drug-likeness (QED) is 0.714. The minimum absolute atomic E-state index is 0.0687. The lowest BCUT2D eigenvalue weighted by molar-refractivity contribution is -0.123. The fourth-order valence-corrected chi connectivity index (χ4v) is 3.35. The standard InChI is InChI=1S/C21H24N2O5/c1-5-21(2,3)23(20(26)17-7-6-12-28-17)16-13-18(24)22(19(16)25)14-8-10-15(27-4)11-9-14/h6-12,16H,5,13H2,1-4H3. The Morgan fingerprint density at radius 2 is 1.93 bits per heavy atom. The third-order valence-electron chi connectivity index (χ3n) is 5.23. The van der Waals surface area contributed by atoms with Crippen LogP contribution in [0.2, 0.25) is 0 Å². The number of ether oxygens (including phenoxy) is 1. The third-order valence-corrected chi connectivity index (χ3v) is 5.23. The third kappa shape index (κ3) is 3.40. The van der Waals surface area contributed by atoms with Crippen molar-refractivity contribution < 1.29 is 23.5 Å². The maximum absolute atomic E-state index is 13.2. The molecule has 28 heavy (non-hydrogen) atoms. The van der Waals surface area contributed by atoms with Gasteiger partial charge < -0.3 is 14.1 Å². The fraction of sp³-hybridized carbons (Fsp3) is 0.381. The first kappa shape index (κ1) is 19.7. The summed E-state index contributed by atoms with van der Waals surface area (Å²) in [4.78, 5) is 41.6. The van der Waals surface area contributed by atoms with Crippen LogP contribution in [0.4, 0.5) is 5.69 Å². The van der Waals surface area contributed by atoms with Gasteiger partial charge in [0.2, 0.25) is 5.91 Å². The molecule has 1 fully saturated rings. The highest BCUT2D eigenvalue weighted by molar-refractivity contribution is 6.23. The molecular weight excluding hydrogens is 360 g/mol. The Morgan fingerprint density at radius 1 is 1.25 bits per heavy atom. The Balaban J connectivity index is 1.96. The van der Waals surface area contributed by atoms with Gasteiger partial charge in [-0.15, -0.1) is 0 Å². The summed E-state index contributed by atoms with van der Waals surface area (Å²) < 4.78 is 10.4. The molecule has 0 aliphatic carbocycles. The van der Waals surface area contributed by atoms with Crippen LogP contribution >= 0.6 is 0 Å². The summed E-state index contributed by atoms with van der Waals surface area (Å²) in [6.07, 6.45) is 1.95. The maximum atomic E-state index is 13.2. The van der Waals surface area contributed by atoms with Crippen LogP contribution in [0.25, 0.3) is 0 Å². The minimum atomic E-state index is -0.887. The molecule has 3 amide bonds. The Hall–Kier alpha value is -3.09. The second-order valence-corrected chi connectivity index (χ2v) is 7.30. The number of imide groups is 1. The fourth-order valence-electron chi connectivity index (χ4n) is 3.35. The van der Waals surface area contributed by atoms with Crippen LogP contribution in [0.1, 0.15) is 44.2 Å². The molecule has 1 aromatic heterocycles. The molecule has 1 unspecified atom stereocenters. The van der Waals surface area contributed by atoms with Crippen molar-refractivity contribution >= 4 is 23.4 Å². The number of anilines is 1. The van der Waals surface area contributed by atoms with Gasteiger partial charge >= 0.3 is 0 Å². The highest BCUT2D eigenvalue weighted by Gasteiger charge is 2.48. The van der Waals surface area contributed by atoms with E-state index < -0.39 is 23.4 Å². The Kier molecular flexibility index (Phi) is 5.27. The van der Waals surface area contributed by atoms with Crippen LogP contribution in [0, 0.1) is 0 Å². The number of hydrogen-bond acceptors (Lipinski definition) is 5. The van der Waals surface area contributed by atoms with Gasteiger partial charge in [-0.3, -0.25) is 14.4 Å². The van der Waals surface area contributed by atoms with Gasteiger partial charge in [0.1, 0.15) is 11.8 Å². The molecule has 0 N–H and O–H groups in total. The van der Waals surface area contributed by atoms with E-state index in [1.165, 1.54) is 11.2 Å². The van der Waals surface area contributed by atoms with E-state index in [1.807, 2.05) is 20.8 Å². The maximum Gasteiger partial charge on any atom is 0.290 e. The summed E-state index contributed by atoms with van der Waals surface area (Å²) in [6.45, 7) is 5.69. The Bertz CT molecular complexity index is 871. The molecule has 1 aliphatic heterocycles. The highest BCUT2D eigenvalue weighted by atomic mass is 16.5. The second kappa shape index (κ2) is 7.50. The van der Waals surface area contributed by atoms with Crippen molar-refractivity contribution in [1.82, 2.24) is 4.90 Å². The number of nitrogens with zero attached hydrogens (tertiary/aromatic N) is 2. The number of furan rings is 1. The number of rotatable bonds is 6. The van der Waals surface area contributed by atoms with Gasteiger partial charge in [0.15, 0.2) is 5.76 Å². The highest BCUT2D eigenvalue weighted by Crippen LogP contribution is 2.33. The minimum Gasteiger partial charge on any atom is -0.497 e. The lowest BCUT2D eigenvalue weighted by atomic mass is 9.95. The number of hydrogen-bond donors (Lipinski definition) is 0. The summed E-state index contributed by atoms with van der Waals surface area (Å²) in [6, 6.07) is 8.97. The van der Waals surface area contributed by atoms with Gasteiger partial charge in [0.05, 0.1) is 25.5 Å². The Morgan fingerprint density at radius 3 is 2.46 bits per heavy atom. The number of carbonyl (C=O) groups excluding carboxylic acids is 3. The van der Waals surface area contributed by atoms with Gasteiger partial charge in [-0.1, -0.05) is 6.92 Å². The molecule has 2 heterocycles. The number of benzene rings is 1. The number of carbonyl (C=O) groups is 3. The number of amides is 3. The molecule has 3 rings (SSSR count). The zero-order valence-corrected chi connectivity index (χ0v) is 16.5. The predicted molar refractivity (Wildman–Crippen MR) is 103 cm³/mol. The van der Waals surface area contributed by atoms with E-state index in [1.54, 1.807) is 43.5 Å². The van der Waals surface area contributed by atoms with Gasteiger partial charge in [-0.2, -0.15) is 0 Å². The van der Waals surface area contributed by atoms with Crippen LogP contribution in [-0.4, -0.2) is 41.3 Å². The molecule has 0 spiro atoms. The molecule has 7 heteroatoms. The van der Waals surface area contributed by atoms with E-state index in [0.717, 1.165) is 4.90 Å². The Labute approximate surface area is 163 Å². The molecule has 0 saturated carbocycles. The molecule has 2 aromatic rings. The van der Waals surface area contributed by atoms with Crippen molar-refractivity contribution in [2.24, 2.45) is 0 Å². The van der Waals surface area contributed by atoms with Gasteiger partial charge in [0, 0.05) is 5.54 Å². The topological polar surface area (TPSA) is 80.1 Å². The van der Waals surface area contributed by atoms with Crippen LogP contribution in [-0.2, 0) is 9.59 Å². The molecule has 1 aliphatic rings. The van der Waals surface area contributed by atoms with E-state index in [4.69, 9.17) is 9.15 Å². The van der Waals surface area contributed by atoms with Crippen LogP contribution in [0.3, 0.4) is 0 Å². The summed E-state index contributed by atoms with van der Waals surface area (Å²) in [7, 11) is 1.54. The van der Waals surface area contributed by atoms with Crippen molar-refractivity contribution in [2.45, 2.75) is 45.2 Å².